The van der Waals surface area contributed by atoms with E-state index in [1.165, 1.54) is 13.2 Å². The lowest BCUT2D eigenvalue weighted by atomic mass is 9.94. The van der Waals surface area contributed by atoms with Crippen LogP contribution in [0.2, 0.25) is 0 Å². The number of carbonyl (C=O) groups is 1. The second-order valence-electron chi connectivity index (χ2n) is 7.32. The number of hydrogen-bond donors (Lipinski definition) is 2. The molecule has 1 atom stereocenters. The second-order valence-corrected chi connectivity index (χ2v) is 9.12. The third kappa shape index (κ3) is 5.87. The van der Waals surface area contributed by atoms with E-state index in [0.29, 0.717) is 17.0 Å². The second kappa shape index (κ2) is 9.54. The molecule has 1 aliphatic rings. The number of methoxy groups -OCH3 is 1. The van der Waals surface area contributed by atoms with Crippen LogP contribution in [0.25, 0.3) is 0 Å². The van der Waals surface area contributed by atoms with Gasteiger partial charge in [0.15, 0.2) is 0 Å². The summed E-state index contributed by atoms with van der Waals surface area (Å²) in [6.45, 7) is 2.01. The molecule has 0 saturated carbocycles. The Hall–Kier alpha value is -2.82. The topological polar surface area (TPSA) is 106 Å². The fraction of sp³-hybridized carbons (Fsp3) is 0.333. The number of oxime groups is 1. The molecule has 166 valence electrons. The van der Waals surface area contributed by atoms with Crippen molar-refractivity contribution >= 4 is 27.3 Å². The van der Waals surface area contributed by atoms with Crippen molar-refractivity contribution in [2.75, 3.05) is 25.6 Å². The lowest BCUT2D eigenvalue weighted by Crippen LogP contribution is -2.40. The van der Waals surface area contributed by atoms with Crippen molar-refractivity contribution in [3.05, 3.63) is 65.5 Å². The summed E-state index contributed by atoms with van der Waals surface area (Å²) in [4.78, 5) is 18.2. The fourth-order valence-corrected chi connectivity index (χ4v) is 4.19. The molecule has 31 heavy (non-hydrogen) atoms. The Balaban J connectivity index is 1.65. The summed E-state index contributed by atoms with van der Waals surface area (Å²) in [5.41, 5.74) is 0.230. The molecule has 1 unspecified atom stereocenters. The first-order valence-corrected chi connectivity index (χ1v) is 11.2. The SMILES string of the molecule is COCCNS(=O)(=O)Cc1cccc(NC(=O)C2(C)CC(c3ccccc3F)=NO2)c1. The zero-order valence-electron chi connectivity index (χ0n) is 17.2. The van der Waals surface area contributed by atoms with Crippen molar-refractivity contribution in [1.82, 2.24) is 4.72 Å². The van der Waals surface area contributed by atoms with Crippen LogP contribution in [0.1, 0.15) is 24.5 Å². The lowest BCUT2D eigenvalue weighted by molar-refractivity contribution is -0.135. The Morgan fingerprint density at radius 2 is 2.03 bits per heavy atom. The molecular formula is C21H24FN3O5S. The van der Waals surface area contributed by atoms with Crippen LogP contribution in [0.3, 0.4) is 0 Å². The summed E-state index contributed by atoms with van der Waals surface area (Å²) < 4.78 is 45.6. The third-order valence-corrected chi connectivity index (χ3v) is 6.05. The molecule has 2 aromatic carbocycles. The molecule has 1 amide bonds. The maximum absolute atomic E-state index is 14.0. The Kier molecular flexibility index (Phi) is 7.04. The molecule has 3 rings (SSSR count). The number of hydrogen-bond acceptors (Lipinski definition) is 6. The van der Waals surface area contributed by atoms with Crippen LogP contribution < -0.4 is 10.0 Å². The van der Waals surface area contributed by atoms with Crippen LogP contribution in [0, 0.1) is 5.82 Å². The first-order chi connectivity index (χ1) is 14.7. The Morgan fingerprint density at radius 3 is 2.77 bits per heavy atom. The van der Waals surface area contributed by atoms with Crippen LogP contribution in [0.5, 0.6) is 0 Å². The van der Waals surface area contributed by atoms with Gasteiger partial charge in [0.1, 0.15) is 5.82 Å². The maximum atomic E-state index is 14.0. The predicted molar refractivity (Wildman–Crippen MR) is 115 cm³/mol. The molecule has 10 heteroatoms. The summed E-state index contributed by atoms with van der Waals surface area (Å²) in [6, 6.07) is 12.7. The number of ether oxygens (including phenoxy) is 1. The largest absolute Gasteiger partial charge is 0.383 e. The number of anilines is 1. The summed E-state index contributed by atoms with van der Waals surface area (Å²) >= 11 is 0. The van der Waals surface area contributed by atoms with E-state index in [4.69, 9.17) is 9.57 Å². The highest BCUT2D eigenvalue weighted by Gasteiger charge is 2.42. The van der Waals surface area contributed by atoms with Crippen molar-refractivity contribution in [3.8, 4) is 0 Å². The van der Waals surface area contributed by atoms with Crippen molar-refractivity contribution < 1.29 is 27.2 Å². The number of nitrogens with zero attached hydrogens (tertiary/aromatic N) is 1. The first-order valence-electron chi connectivity index (χ1n) is 9.59. The quantitative estimate of drug-likeness (QED) is 0.572. The van der Waals surface area contributed by atoms with Gasteiger partial charge in [0.2, 0.25) is 15.6 Å². The standard InChI is InChI=1S/C21H24FN3O5S/c1-21(13-19(25-30-21)17-8-3-4-9-18(17)22)20(26)24-16-7-5-6-15(12-16)14-31(27,28)23-10-11-29-2/h3-9,12,23H,10-11,13-14H2,1-2H3,(H,24,26). The molecule has 2 aromatic rings. The zero-order valence-corrected chi connectivity index (χ0v) is 18.0. The molecule has 0 aliphatic carbocycles. The molecular weight excluding hydrogens is 425 g/mol. The van der Waals surface area contributed by atoms with Crippen LogP contribution in [0.15, 0.2) is 53.7 Å². The van der Waals surface area contributed by atoms with Crippen molar-refractivity contribution in [2.45, 2.75) is 24.7 Å². The minimum absolute atomic E-state index is 0.0945. The number of carbonyl (C=O) groups excluding carboxylic acids is 1. The van der Waals surface area contributed by atoms with Gasteiger partial charge < -0.3 is 14.9 Å². The summed E-state index contributed by atoms with van der Waals surface area (Å²) in [5.74, 6) is -1.15. The van der Waals surface area contributed by atoms with E-state index in [-0.39, 0.29) is 30.9 Å². The minimum atomic E-state index is -3.54. The van der Waals surface area contributed by atoms with Crippen LogP contribution in [-0.2, 0) is 30.1 Å². The van der Waals surface area contributed by atoms with E-state index < -0.39 is 27.3 Å². The van der Waals surface area contributed by atoms with Crippen molar-refractivity contribution in [2.24, 2.45) is 5.16 Å². The molecule has 0 aromatic heterocycles. The van der Waals surface area contributed by atoms with Gasteiger partial charge in [-0.05, 0) is 30.7 Å². The number of rotatable bonds is 9. The lowest BCUT2D eigenvalue weighted by Gasteiger charge is -2.20. The van der Waals surface area contributed by atoms with Gasteiger partial charge in [-0.3, -0.25) is 4.79 Å². The van der Waals surface area contributed by atoms with Gasteiger partial charge in [-0.1, -0.05) is 35.5 Å². The van der Waals surface area contributed by atoms with Gasteiger partial charge >= 0.3 is 0 Å². The predicted octanol–water partition coefficient (Wildman–Crippen LogP) is 2.41. The Labute approximate surface area is 180 Å². The smallest absolute Gasteiger partial charge is 0.271 e. The highest BCUT2D eigenvalue weighted by atomic mass is 32.2. The van der Waals surface area contributed by atoms with E-state index in [2.05, 4.69) is 15.2 Å². The van der Waals surface area contributed by atoms with Crippen molar-refractivity contribution in [3.63, 3.8) is 0 Å². The van der Waals surface area contributed by atoms with Gasteiger partial charge in [0.05, 0.1) is 18.1 Å². The van der Waals surface area contributed by atoms with E-state index in [1.54, 1.807) is 49.4 Å². The van der Waals surface area contributed by atoms with Crippen LogP contribution in [0.4, 0.5) is 10.1 Å². The van der Waals surface area contributed by atoms with E-state index >= 15 is 0 Å². The number of amides is 1. The molecule has 0 spiro atoms. The number of nitrogens with one attached hydrogen (secondary N) is 2. The summed E-state index contributed by atoms with van der Waals surface area (Å²) in [7, 11) is -2.06. The van der Waals surface area contributed by atoms with E-state index in [1.807, 2.05) is 0 Å². The highest BCUT2D eigenvalue weighted by molar-refractivity contribution is 7.88. The maximum Gasteiger partial charge on any atom is 0.271 e. The van der Waals surface area contributed by atoms with E-state index in [9.17, 15) is 17.6 Å². The number of halogens is 1. The summed E-state index contributed by atoms with van der Waals surface area (Å²) in [6.07, 6.45) is 0.0945. The first kappa shape index (κ1) is 22.9. The van der Waals surface area contributed by atoms with Gasteiger partial charge in [0, 0.05) is 31.3 Å². The normalized spacial score (nSPS) is 18.4. The molecule has 0 fully saturated rings. The molecule has 1 heterocycles. The van der Waals surface area contributed by atoms with Gasteiger partial charge in [0.25, 0.3) is 5.91 Å². The minimum Gasteiger partial charge on any atom is -0.383 e. The van der Waals surface area contributed by atoms with Crippen LogP contribution in [-0.4, -0.2) is 45.9 Å². The molecule has 1 aliphatic heterocycles. The molecule has 2 N–H and O–H groups in total. The third-order valence-electron chi connectivity index (χ3n) is 4.70. The monoisotopic (exact) mass is 449 g/mol. The van der Waals surface area contributed by atoms with Gasteiger partial charge in [-0.25, -0.2) is 17.5 Å². The fourth-order valence-electron chi connectivity index (χ4n) is 3.07. The Morgan fingerprint density at radius 1 is 1.26 bits per heavy atom. The molecule has 0 saturated heterocycles. The van der Waals surface area contributed by atoms with Crippen molar-refractivity contribution in [1.29, 1.82) is 0 Å². The van der Waals surface area contributed by atoms with Crippen LogP contribution >= 0.6 is 0 Å². The molecule has 0 radical (unpaired) electrons. The van der Waals surface area contributed by atoms with Gasteiger partial charge in [-0.15, -0.1) is 0 Å². The average molecular weight is 450 g/mol. The summed E-state index contributed by atoms with van der Waals surface area (Å²) in [5, 5.41) is 6.63. The Bertz CT molecular complexity index is 1090. The molecule has 0 bridgehead atoms. The average Bonchev–Trinajstić information content (AvgIpc) is 3.12. The van der Waals surface area contributed by atoms with Gasteiger partial charge in [-0.2, -0.15) is 0 Å². The number of benzene rings is 2. The molecule has 8 nitrogen and oxygen atoms in total. The zero-order chi connectivity index (χ0) is 22.5. The number of sulfonamides is 1. The highest BCUT2D eigenvalue weighted by Crippen LogP contribution is 2.29. The van der Waals surface area contributed by atoms with E-state index in [0.717, 1.165) is 0 Å².